The van der Waals surface area contributed by atoms with Crippen molar-refractivity contribution in [2.75, 3.05) is 18.0 Å². The number of anilines is 1. The molecule has 138 valence electrons. The third-order valence-corrected chi connectivity index (χ3v) is 6.44. The molecule has 1 aliphatic heterocycles. The van der Waals surface area contributed by atoms with Crippen LogP contribution in [0.5, 0.6) is 0 Å². The minimum absolute atomic E-state index is 0.978. The lowest BCUT2D eigenvalue weighted by Gasteiger charge is -2.28. The molecule has 1 heterocycles. The summed E-state index contributed by atoms with van der Waals surface area (Å²) in [7, 11) is 0. The van der Waals surface area contributed by atoms with Crippen molar-refractivity contribution in [3.63, 3.8) is 0 Å². The molecule has 4 rings (SSSR count). The van der Waals surface area contributed by atoms with Gasteiger partial charge in [0.1, 0.15) is 0 Å². The van der Waals surface area contributed by atoms with E-state index in [2.05, 4.69) is 53.4 Å². The zero-order valence-electron chi connectivity index (χ0n) is 16.1. The Bertz CT molecular complexity index is 658. The second-order valence-corrected chi connectivity index (χ2v) is 8.33. The Labute approximate surface area is 159 Å². The summed E-state index contributed by atoms with van der Waals surface area (Å²) in [5, 5.41) is 0. The van der Waals surface area contributed by atoms with Gasteiger partial charge in [-0.2, -0.15) is 0 Å². The first-order chi connectivity index (χ1) is 12.9. The maximum atomic E-state index is 2.53. The molecule has 1 nitrogen and oxygen atoms in total. The fourth-order valence-corrected chi connectivity index (χ4v) is 4.73. The third-order valence-electron chi connectivity index (χ3n) is 6.44. The summed E-state index contributed by atoms with van der Waals surface area (Å²) in [6.45, 7) is 2.43. The van der Waals surface area contributed by atoms with Gasteiger partial charge in [0.05, 0.1) is 0 Å². The van der Waals surface area contributed by atoms with Gasteiger partial charge in [0, 0.05) is 18.8 Å². The van der Waals surface area contributed by atoms with E-state index >= 15 is 0 Å². The van der Waals surface area contributed by atoms with Gasteiger partial charge in [0.15, 0.2) is 0 Å². The minimum Gasteiger partial charge on any atom is -0.372 e. The molecular formula is C25H33N. The van der Waals surface area contributed by atoms with Crippen LogP contribution in [0.15, 0.2) is 48.5 Å². The van der Waals surface area contributed by atoms with Crippen LogP contribution in [0.4, 0.5) is 5.69 Å². The Morgan fingerprint density at radius 1 is 0.654 bits per heavy atom. The van der Waals surface area contributed by atoms with E-state index in [0.717, 1.165) is 5.92 Å². The summed E-state index contributed by atoms with van der Waals surface area (Å²) in [4.78, 5) is 2.53. The molecule has 2 aromatic rings. The molecule has 0 N–H and O–H groups in total. The maximum absolute atomic E-state index is 2.53. The second-order valence-electron chi connectivity index (χ2n) is 8.33. The molecule has 2 aliphatic rings. The third kappa shape index (κ3) is 4.50. The van der Waals surface area contributed by atoms with Crippen molar-refractivity contribution in [3.8, 4) is 11.1 Å². The zero-order valence-corrected chi connectivity index (χ0v) is 16.1. The first-order valence-electron chi connectivity index (χ1n) is 10.8. The minimum atomic E-state index is 0.978. The Morgan fingerprint density at radius 3 is 1.88 bits per heavy atom. The zero-order chi connectivity index (χ0) is 17.6. The van der Waals surface area contributed by atoms with Gasteiger partial charge < -0.3 is 4.90 Å². The smallest absolute Gasteiger partial charge is 0.0366 e. The Balaban J connectivity index is 1.35. The molecular weight excluding hydrogens is 314 g/mol. The highest BCUT2D eigenvalue weighted by molar-refractivity contribution is 5.66. The molecule has 0 unspecified atom stereocenters. The van der Waals surface area contributed by atoms with Crippen molar-refractivity contribution >= 4 is 5.69 Å². The van der Waals surface area contributed by atoms with Crippen molar-refractivity contribution in [3.05, 3.63) is 54.1 Å². The molecule has 0 amide bonds. The van der Waals surface area contributed by atoms with Crippen molar-refractivity contribution in [1.29, 1.82) is 0 Å². The average molecular weight is 348 g/mol. The number of benzene rings is 2. The van der Waals surface area contributed by atoms with E-state index in [1.807, 2.05) is 0 Å². The largest absolute Gasteiger partial charge is 0.372 e. The summed E-state index contributed by atoms with van der Waals surface area (Å²) in [5.41, 5.74) is 5.57. The van der Waals surface area contributed by atoms with E-state index in [9.17, 15) is 0 Å². The summed E-state index contributed by atoms with van der Waals surface area (Å²) in [5.74, 6) is 0.978. The van der Waals surface area contributed by atoms with Crippen LogP contribution >= 0.6 is 0 Å². The van der Waals surface area contributed by atoms with E-state index in [1.54, 1.807) is 0 Å². The van der Waals surface area contributed by atoms with E-state index < -0.39 is 0 Å². The van der Waals surface area contributed by atoms with Crippen LogP contribution in [0.1, 0.15) is 63.4 Å². The van der Waals surface area contributed by atoms with Gasteiger partial charge in [-0.1, -0.05) is 68.5 Å². The highest BCUT2D eigenvalue weighted by Gasteiger charge is 2.13. The Kier molecular flexibility index (Phi) is 5.94. The number of rotatable bonds is 5. The molecule has 1 saturated heterocycles. The van der Waals surface area contributed by atoms with Crippen molar-refractivity contribution < 1.29 is 0 Å². The van der Waals surface area contributed by atoms with Gasteiger partial charge in [0.25, 0.3) is 0 Å². The molecule has 1 heteroatoms. The van der Waals surface area contributed by atoms with Crippen LogP contribution in [0.2, 0.25) is 0 Å². The maximum Gasteiger partial charge on any atom is 0.0366 e. The van der Waals surface area contributed by atoms with Crippen LogP contribution in [-0.4, -0.2) is 13.1 Å². The molecule has 0 aromatic heterocycles. The second kappa shape index (κ2) is 8.75. The number of aryl methyl sites for hydroxylation is 1. The van der Waals surface area contributed by atoms with Gasteiger partial charge in [-0.15, -0.1) is 0 Å². The van der Waals surface area contributed by atoms with Gasteiger partial charge in [-0.05, 0) is 66.8 Å². The summed E-state index contributed by atoms with van der Waals surface area (Å²) in [6.07, 6.45) is 14.0. The van der Waals surface area contributed by atoms with Gasteiger partial charge >= 0.3 is 0 Å². The summed E-state index contributed by atoms with van der Waals surface area (Å²) in [6, 6.07) is 18.5. The predicted molar refractivity (Wildman–Crippen MR) is 113 cm³/mol. The monoisotopic (exact) mass is 347 g/mol. The van der Waals surface area contributed by atoms with Crippen molar-refractivity contribution in [2.24, 2.45) is 5.92 Å². The first kappa shape index (κ1) is 17.6. The number of piperidine rings is 1. The fraction of sp³-hybridized carbons (Fsp3) is 0.520. The number of nitrogens with zero attached hydrogens (tertiary/aromatic N) is 1. The van der Waals surface area contributed by atoms with Crippen molar-refractivity contribution in [1.82, 2.24) is 0 Å². The highest BCUT2D eigenvalue weighted by Crippen LogP contribution is 2.29. The van der Waals surface area contributed by atoms with Gasteiger partial charge in [-0.25, -0.2) is 0 Å². The normalized spacial score (nSPS) is 18.8. The summed E-state index contributed by atoms with van der Waals surface area (Å²) >= 11 is 0. The highest BCUT2D eigenvalue weighted by atomic mass is 15.1. The molecule has 0 radical (unpaired) electrons. The molecule has 0 spiro atoms. The lowest BCUT2D eigenvalue weighted by atomic mass is 9.85. The average Bonchev–Trinajstić information content (AvgIpc) is 2.74. The topological polar surface area (TPSA) is 3.24 Å². The van der Waals surface area contributed by atoms with E-state index in [0.29, 0.717) is 0 Å². The molecule has 1 aliphatic carbocycles. The standard InChI is InChI=1S/C25H33N/c1-3-7-21(8-4-1)9-10-22-11-13-23(14-12-22)24-15-17-25(18-16-24)26-19-5-2-6-20-26/h11-18,21H,1-10,19-20H2. The summed E-state index contributed by atoms with van der Waals surface area (Å²) < 4.78 is 0. The van der Waals surface area contributed by atoms with E-state index in [1.165, 1.54) is 99.7 Å². The molecule has 2 fully saturated rings. The molecule has 26 heavy (non-hydrogen) atoms. The lowest BCUT2D eigenvalue weighted by Crippen LogP contribution is -2.29. The van der Waals surface area contributed by atoms with Crippen LogP contribution in [0.25, 0.3) is 11.1 Å². The van der Waals surface area contributed by atoms with Crippen LogP contribution < -0.4 is 4.90 Å². The predicted octanol–water partition coefficient (Wildman–Crippen LogP) is 6.86. The molecule has 1 saturated carbocycles. The molecule has 0 bridgehead atoms. The van der Waals surface area contributed by atoms with E-state index in [4.69, 9.17) is 0 Å². The first-order valence-corrected chi connectivity index (χ1v) is 10.8. The number of hydrogen-bond acceptors (Lipinski definition) is 1. The molecule has 2 aromatic carbocycles. The Morgan fingerprint density at radius 2 is 1.23 bits per heavy atom. The SMILES string of the molecule is c1cc(-c2ccc(N3CCCCC3)cc2)ccc1CCC1CCCCC1. The van der Waals surface area contributed by atoms with Crippen LogP contribution in [-0.2, 0) is 6.42 Å². The lowest BCUT2D eigenvalue weighted by molar-refractivity contribution is 0.339. The van der Waals surface area contributed by atoms with Gasteiger partial charge in [0.2, 0.25) is 0 Å². The quantitative estimate of drug-likeness (QED) is 0.571. The Hall–Kier alpha value is -1.76. The van der Waals surface area contributed by atoms with E-state index in [-0.39, 0.29) is 0 Å². The molecule has 0 atom stereocenters. The fourth-order valence-electron chi connectivity index (χ4n) is 4.73. The van der Waals surface area contributed by atoms with Crippen molar-refractivity contribution in [2.45, 2.75) is 64.2 Å². The van der Waals surface area contributed by atoms with Crippen LogP contribution in [0.3, 0.4) is 0 Å². The van der Waals surface area contributed by atoms with Gasteiger partial charge in [-0.3, -0.25) is 0 Å². The number of hydrogen-bond donors (Lipinski definition) is 0. The van der Waals surface area contributed by atoms with Crippen LogP contribution in [0, 0.1) is 5.92 Å².